The number of aromatic nitrogens is 3. The van der Waals surface area contributed by atoms with Gasteiger partial charge < -0.3 is 5.32 Å². The number of hydrogen-bond acceptors (Lipinski definition) is 3. The van der Waals surface area contributed by atoms with Crippen molar-refractivity contribution in [3.63, 3.8) is 0 Å². The molecule has 0 unspecified atom stereocenters. The van der Waals surface area contributed by atoms with Gasteiger partial charge in [0.1, 0.15) is 0 Å². The molecule has 3 aromatic rings. The summed E-state index contributed by atoms with van der Waals surface area (Å²) in [7, 11) is 1.86. The van der Waals surface area contributed by atoms with Crippen molar-refractivity contribution in [1.82, 2.24) is 14.8 Å². The van der Waals surface area contributed by atoms with Crippen LogP contribution in [0.2, 0.25) is 0 Å². The SMILES string of the molecule is Cc1nn(C)c2nc(C(C)C)cc(C(=O)Nc3ccccc3C(C)(C)C)c12. The van der Waals surface area contributed by atoms with E-state index in [-0.39, 0.29) is 17.2 Å². The molecule has 5 heteroatoms. The molecule has 0 saturated heterocycles. The van der Waals surface area contributed by atoms with E-state index in [9.17, 15) is 4.79 Å². The molecular weight excluding hydrogens is 336 g/mol. The lowest BCUT2D eigenvalue weighted by atomic mass is 9.86. The van der Waals surface area contributed by atoms with Crippen LogP contribution >= 0.6 is 0 Å². The predicted molar refractivity (Wildman–Crippen MR) is 110 cm³/mol. The Labute approximate surface area is 160 Å². The molecule has 0 aliphatic rings. The molecule has 0 fully saturated rings. The monoisotopic (exact) mass is 364 g/mol. The molecule has 27 heavy (non-hydrogen) atoms. The highest BCUT2D eigenvalue weighted by Crippen LogP contribution is 2.31. The normalized spacial score (nSPS) is 12.0. The Hall–Kier alpha value is -2.69. The number of nitrogens with zero attached hydrogens (tertiary/aromatic N) is 3. The van der Waals surface area contributed by atoms with E-state index in [0.29, 0.717) is 5.56 Å². The van der Waals surface area contributed by atoms with Crippen LogP contribution in [-0.4, -0.2) is 20.7 Å². The largest absolute Gasteiger partial charge is 0.322 e. The Balaban J connectivity index is 2.12. The van der Waals surface area contributed by atoms with Crippen LogP contribution in [0.25, 0.3) is 11.0 Å². The molecule has 1 amide bonds. The number of nitrogens with one attached hydrogen (secondary N) is 1. The van der Waals surface area contributed by atoms with Crippen LogP contribution in [0.4, 0.5) is 5.69 Å². The summed E-state index contributed by atoms with van der Waals surface area (Å²) in [5.41, 5.74) is 4.95. The maximum atomic E-state index is 13.3. The van der Waals surface area contributed by atoms with Crippen molar-refractivity contribution in [1.29, 1.82) is 0 Å². The fraction of sp³-hybridized carbons (Fsp3) is 0.409. The summed E-state index contributed by atoms with van der Waals surface area (Å²) in [6, 6.07) is 9.87. The first-order valence-corrected chi connectivity index (χ1v) is 9.34. The van der Waals surface area contributed by atoms with E-state index in [1.807, 2.05) is 38.2 Å². The number of benzene rings is 1. The lowest BCUT2D eigenvalue weighted by molar-refractivity contribution is 0.102. The van der Waals surface area contributed by atoms with E-state index in [1.54, 1.807) is 4.68 Å². The number of carbonyl (C=O) groups excluding carboxylic acids is 1. The predicted octanol–water partition coefficient (Wildman–Crippen LogP) is 4.95. The summed E-state index contributed by atoms with van der Waals surface area (Å²) in [5, 5.41) is 8.41. The highest BCUT2D eigenvalue weighted by atomic mass is 16.1. The molecule has 1 aromatic carbocycles. The van der Waals surface area contributed by atoms with Crippen molar-refractivity contribution in [3.8, 4) is 0 Å². The fourth-order valence-corrected chi connectivity index (χ4v) is 3.37. The summed E-state index contributed by atoms with van der Waals surface area (Å²) in [4.78, 5) is 18.0. The molecular formula is C22H28N4O. The zero-order chi connectivity index (χ0) is 19.9. The summed E-state index contributed by atoms with van der Waals surface area (Å²) in [6.07, 6.45) is 0. The van der Waals surface area contributed by atoms with Gasteiger partial charge in [0.25, 0.3) is 5.91 Å². The lowest BCUT2D eigenvalue weighted by Crippen LogP contribution is -2.19. The van der Waals surface area contributed by atoms with Gasteiger partial charge in [0.2, 0.25) is 0 Å². The van der Waals surface area contributed by atoms with Gasteiger partial charge in [-0.15, -0.1) is 0 Å². The van der Waals surface area contributed by atoms with Crippen LogP contribution < -0.4 is 5.32 Å². The third-order valence-electron chi connectivity index (χ3n) is 4.81. The van der Waals surface area contributed by atoms with Crippen molar-refractivity contribution in [2.24, 2.45) is 7.05 Å². The number of aryl methyl sites for hydroxylation is 2. The van der Waals surface area contributed by atoms with Gasteiger partial charge in [-0.25, -0.2) is 4.98 Å². The highest BCUT2D eigenvalue weighted by molar-refractivity contribution is 6.13. The van der Waals surface area contributed by atoms with E-state index < -0.39 is 0 Å². The Kier molecular flexibility index (Phi) is 4.81. The van der Waals surface area contributed by atoms with Gasteiger partial charge in [0, 0.05) is 18.4 Å². The van der Waals surface area contributed by atoms with Crippen molar-refractivity contribution < 1.29 is 4.79 Å². The number of hydrogen-bond donors (Lipinski definition) is 1. The van der Waals surface area contributed by atoms with E-state index in [4.69, 9.17) is 4.98 Å². The molecule has 0 atom stereocenters. The first kappa shape index (κ1) is 19.1. The van der Waals surface area contributed by atoms with Crippen LogP contribution in [0.15, 0.2) is 30.3 Å². The standard InChI is InChI=1S/C22H28N4O/c1-13(2)18-12-15(19-14(3)25-26(7)20(19)23-18)21(27)24-17-11-9-8-10-16(17)22(4,5)6/h8-13H,1-7H3,(H,24,27). The Morgan fingerprint density at radius 3 is 2.48 bits per heavy atom. The lowest BCUT2D eigenvalue weighted by Gasteiger charge is -2.23. The Bertz CT molecular complexity index is 1010. The number of para-hydroxylation sites is 1. The molecule has 2 aromatic heterocycles. The molecule has 0 bridgehead atoms. The first-order chi connectivity index (χ1) is 12.6. The zero-order valence-corrected chi connectivity index (χ0v) is 17.2. The van der Waals surface area contributed by atoms with Crippen molar-refractivity contribution >= 4 is 22.6 Å². The third kappa shape index (κ3) is 3.59. The number of anilines is 1. The number of rotatable bonds is 3. The number of amides is 1. The van der Waals surface area contributed by atoms with Gasteiger partial charge in [-0.1, -0.05) is 52.8 Å². The van der Waals surface area contributed by atoms with Crippen molar-refractivity contribution in [2.45, 2.75) is 52.9 Å². The average Bonchev–Trinajstić information content (AvgIpc) is 2.88. The molecule has 0 radical (unpaired) electrons. The molecule has 0 saturated carbocycles. The summed E-state index contributed by atoms with van der Waals surface area (Å²) < 4.78 is 1.75. The molecule has 1 N–H and O–H groups in total. The van der Waals surface area contributed by atoms with Gasteiger partial charge >= 0.3 is 0 Å². The molecule has 142 valence electrons. The minimum Gasteiger partial charge on any atom is -0.322 e. The van der Waals surface area contributed by atoms with Gasteiger partial charge in [0.05, 0.1) is 16.6 Å². The van der Waals surface area contributed by atoms with E-state index in [2.05, 4.69) is 51.1 Å². The van der Waals surface area contributed by atoms with E-state index in [1.165, 1.54) is 0 Å². The van der Waals surface area contributed by atoms with Gasteiger partial charge in [-0.3, -0.25) is 9.48 Å². The van der Waals surface area contributed by atoms with Gasteiger partial charge in [-0.2, -0.15) is 5.10 Å². The number of fused-ring (bicyclic) bond motifs is 1. The third-order valence-corrected chi connectivity index (χ3v) is 4.81. The second kappa shape index (κ2) is 6.80. The van der Waals surface area contributed by atoms with Crippen LogP contribution in [0.3, 0.4) is 0 Å². The summed E-state index contributed by atoms with van der Waals surface area (Å²) in [5.74, 6) is 0.0927. The van der Waals surface area contributed by atoms with Crippen LogP contribution in [0.5, 0.6) is 0 Å². The topological polar surface area (TPSA) is 59.8 Å². The van der Waals surface area contributed by atoms with E-state index in [0.717, 1.165) is 33.7 Å². The summed E-state index contributed by atoms with van der Waals surface area (Å²) >= 11 is 0. The van der Waals surface area contributed by atoms with Crippen LogP contribution in [-0.2, 0) is 12.5 Å². The quantitative estimate of drug-likeness (QED) is 0.715. The average molecular weight is 364 g/mol. The number of pyridine rings is 1. The smallest absolute Gasteiger partial charge is 0.256 e. The fourth-order valence-electron chi connectivity index (χ4n) is 3.37. The molecule has 0 aliphatic carbocycles. The first-order valence-electron chi connectivity index (χ1n) is 9.34. The molecule has 5 nitrogen and oxygen atoms in total. The Morgan fingerprint density at radius 2 is 1.85 bits per heavy atom. The van der Waals surface area contributed by atoms with E-state index >= 15 is 0 Å². The minimum atomic E-state index is -0.128. The second-order valence-electron chi connectivity index (χ2n) is 8.41. The van der Waals surface area contributed by atoms with Crippen molar-refractivity contribution in [2.75, 3.05) is 5.32 Å². The highest BCUT2D eigenvalue weighted by Gasteiger charge is 2.22. The Morgan fingerprint density at radius 1 is 1.19 bits per heavy atom. The van der Waals surface area contributed by atoms with Crippen molar-refractivity contribution in [3.05, 3.63) is 52.8 Å². The molecule has 0 aliphatic heterocycles. The van der Waals surface area contributed by atoms with Gasteiger partial charge in [0.15, 0.2) is 5.65 Å². The minimum absolute atomic E-state index is 0.0647. The van der Waals surface area contributed by atoms with Crippen LogP contribution in [0.1, 0.15) is 67.8 Å². The maximum Gasteiger partial charge on any atom is 0.256 e. The summed E-state index contributed by atoms with van der Waals surface area (Å²) in [6.45, 7) is 12.5. The number of carbonyl (C=O) groups is 1. The maximum absolute atomic E-state index is 13.3. The zero-order valence-electron chi connectivity index (χ0n) is 17.2. The molecule has 2 heterocycles. The molecule has 3 rings (SSSR count). The van der Waals surface area contributed by atoms with Gasteiger partial charge in [-0.05, 0) is 36.0 Å². The second-order valence-corrected chi connectivity index (χ2v) is 8.41. The van der Waals surface area contributed by atoms with Crippen LogP contribution in [0, 0.1) is 6.92 Å². The molecule has 0 spiro atoms.